The molecule has 0 bridgehead atoms. The highest BCUT2D eigenvalue weighted by Gasteiger charge is 2.35. The number of piperidine rings is 1. The van der Waals surface area contributed by atoms with E-state index in [9.17, 15) is 13.2 Å². The topological polar surface area (TPSA) is 28.2 Å². The Kier molecular flexibility index (Phi) is 4.29. The van der Waals surface area contributed by atoms with Crippen molar-refractivity contribution in [3.63, 3.8) is 0 Å². The van der Waals surface area contributed by atoms with Gasteiger partial charge < -0.3 is 10.2 Å². The van der Waals surface area contributed by atoms with E-state index in [2.05, 4.69) is 10.3 Å². The van der Waals surface area contributed by atoms with Gasteiger partial charge in [-0.3, -0.25) is 0 Å². The first-order chi connectivity index (χ1) is 8.98. The lowest BCUT2D eigenvalue weighted by Gasteiger charge is -2.30. The van der Waals surface area contributed by atoms with Crippen molar-refractivity contribution in [2.45, 2.75) is 31.5 Å². The van der Waals surface area contributed by atoms with Crippen molar-refractivity contribution in [3.05, 3.63) is 23.9 Å². The average molecular weight is 273 g/mol. The summed E-state index contributed by atoms with van der Waals surface area (Å²) in [6.45, 7) is 1.48. The largest absolute Gasteiger partial charge is 0.419 e. The Hall–Kier alpha value is -1.30. The molecule has 2 heterocycles. The van der Waals surface area contributed by atoms with Crippen LogP contribution >= 0.6 is 0 Å². The third-order valence-electron chi connectivity index (χ3n) is 3.36. The van der Waals surface area contributed by atoms with Crippen molar-refractivity contribution in [2.75, 3.05) is 25.0 Å². The van der Waals surface area contributed by atoms with E-state index in [1.807, 2.05) is 0 Å². The summed E-state index contributed by atoms with van der Waals surface area (Å²) in [4.78, 5) is 5.48. The van der Waals surface area contributed by atoms with Crippen molar-refractivity contribution in [1.82, 2.24) is 10.3 Å². The number of anilines is 1. The van der Waals surface area contributed by atoms with Gasteiger partial charge >= 0.3 is 6.18 Å². The molecule has 106 valence electrons. The highest BCUT2D eigenvalue weighted by molar-refractivity contribution is 5.47. The number of hydrogen-bond donors (Lipinski definition) is 1. The van der Waals surface area contributed by atoms with Crippen LogP contribution < -0.4 is 10.2 Å². The van der Waals surface area contributed by atoms with E-state index in [0.29, 0.717) is 6.54 Å². The lowest BCUT2D eigenvalue weighted by Crippen LogP contribution is -2.43. The van der Waals surface area contributed by atoms with Crippen LogP contribution in [-0.4, -0.2) is 31.2 Å². The first kappa shape index (κ1) is 14.1. The second kappa shape index (κ2) is 5.77. The molecule has 0 radical (unpaired) electrons. The quantitative estimate of drug-likeness (QED) is 0.917. The van der Waals surface area contributed by atoms with Gasteiger partial charge in [0.2, 0.25) is 0 Å². The zero-order chi connectivity index (χ0) is 13.9. The fourth-order valence-corrected chi connectivity index (χ4v) is 2.42. The monoisotopic (exact) mass is 273 g/mol. The number of pyridine rings is 1. The standard InChI is InChI=1S/C13H18F3N3/c1-19(9-10-5-2-3-7-17-10)12-11(13(14,15)16)6-4-8-18-12/h4,6,8,10,17H,2-3,5,7,9H2,1H3. The third-order valence-corrected chi connectivity index (χ3v) is 3.36. The minimum Gasteiger partial charge on any atom is -0.358 e. The van der Waals surface area contributed by atoms with Gasteiger partial charge in [-0.1, -0.05) is 6.42 Å². The maximum atomic E-state index is 12.9. The molecule has 0 amide bonds. The molecule has 1 atom stereocenters. The summed E-state index contributed by atoms with van der Waals surface area (Å²) in [5.41, 5.74) is -0.673. The molecule has 0 aromatic carbocycles. The Morgan fingerprint density at radius 3 is 2.84 bits per heavy atom. The van der Waals surface area contributed by atoms with E-state index in [0.717, 1.165) is 31.9 Å². The van der Waals surface area contributed by atoms with Crippen LogP contribution in [0, 0.1) is 0 Å². The summed E-state index contributed by atoms with van der Waals surface area (Å²) in [5.74, 6) is 0.00220. The van der Waals surface area contributed by atoms with Gasteiger partial charge in [0.25, 0.3) is 0 Å². The SMILES string of the molecule is CN(CC1CCCCN1)c1ncccc1C(F)(F)F. The van der Waals surface area contributed by atoms with E-state index >= 15 is 0 Å². The van der Waals surface area contributed by atoms with Crippen LogP contribution in [0.15, 0.2) is 18.3 Å². The van der Waals surface area contributed by atoms with Crippen molar-refractivity contribution in [3.8, 4) is 0 Å². The summed E-state index contributed by atoms with van der Waals surface area (Å²) in [5, 5.41) is 3.33. The number of nitrogens with zero attached hydrogens (tertiary/aromatic N) is 2. The van der Waals surface area contributed by atoms with Crippen molar-refractivity contribution < 1.29 is 13.2 Å². The maximum absolute atomic E-state index is 12.9. The molecular formula is C13H18F3N3. The zero-order valence-electron chi connectivity index (χ0n) is 10.9. The zero-order valence-corrected chi connectivity index (χ0v) is 10.9. The van der Waals surface area contributed by atoms with Crippen LogP contribution in [0.1, 0.15) is 24.8 Å². The normalized spacial score (nSPS) is 20.3. The molecule has 0 aliphatic carbocycles. The molecule has 1 aromatic heterocycles. The van der Waals surface area contributed by atoms with Gasteiger partial charge in [0.1, 0.15) is 5.82 Å². The molecule has 1 aliphatic rings. The highest BCUT2D eigenvalue weighted by Crippen LogP contribution is 2.34. The lowest BCUT2D eigenvalue weighted by atomic mass is 10.0. The predicted octanol–water partition coefficient (Wildman–Crippen LogP) is 2.68. The smallest absolute Gasteiger partial charge is 0.358 e. The Balaban J connectivity index is 2.12. The second-order valence-electron chi connectivity index (χ2n) is 4.90. The molecule has 1 fully saturated rings. The van der Waals surface area contributed by atoms with E-state index in [4.69, 9.17) is 0 Å². The van der Waals surface area contributed by atoms with E-state index < -0.39 is 11.7 Å². The van der Waals surface area contributed by atoms with Gasteiger partial charge in [-0.05, 0) is 31.5 Å². The summed E-state index contributed by atoms with van der Waals surface area (Å²) in [6, 6.07) is 2.63. The lowest BCUT2D eigenvalue weighted by molar-refractivity contribution is -0.137. The molecule has 1 aromatic rings. The summed E-state index contributed by atoms with van der Waals surface area (Å²) in [7, 11) is 1.66. The molecule has 1 saturated heterocycles. The average Bonchev–Trinajstić information content (AvgIpc) is 2.39. The number of aromatic nitrogens is 1. The Bertz CT molecular complexity index is 414. The molecule has 1 unspecified atom stereocenters. The van der Waals surface area contributed by atoms with Crippen LogP contribution in [-0.2, 0) is 6.18 Å². The fraction of sp³-hybridized carbons (Fsp3) is 0.615. The number of hydrogen-bond acceptors (Lipinski definition) is 3. The number of nitrogens with one attached hydrogen (secondary N) is 1. The summed E-state index contributed by atoms with van der Waals surface area (Å²) < 4.78 is 38.7. The first-order valence-electron chi connectivity index (χ1n) is 6.45. The Morgan fingerprint density at radius 2 is 2.21 bits per heavy atom. The van der Waals surface area contributed by atoms with Crippen LogP contribution in [0.2, 0.25) is 0 Å². The minimum absolute atomic E-state index is 0.00220. The number of likely N-dealkylation sites (N-methyl/N-ethyl adjacent to an activating group) is 1. The third kappa shape index (κ3) is 3.59. The van der Waals surface area contributed by atoms with Crippen molar-refractivity contribution >= 4 is 5.82 Å². The Morgan fingerprint density at radius 1 is 1.42 bits per heavy atom. The molecular weight excluding hydrogens is 255 g/mol. The van der Waals surface area contributed by atoms with Gasteiger partial charge in [-0.15, -0.1) is 0 Å². The first-order valence-corrected chi connectivity index (χ1v) is 6.45. The molecule has 19 heavy (non-hydrogen) atoms. The van der Waals surface area contributed by atoms with E-state index in [1.165, 1.54) is 12.3 Å². The second-order valence-corrected chi connectivity index (χ2v) is 4.90. The molecule has 1 N–H and O–H groups in total. The van der Waals surface area contributed by atoms with Gasteiger partial charge in [-0.25, -0.2) is 4.98 Å². The molecule has 2 rings (SSSR count). The molecule has 0 spiro atoms. The number of rotatable bonds is 3. The van der Waals surface area contributed by atoms with E-state index in [1.54, 1.807) is 11.9 Å². The van der Waals surface area contributed by atoms with Gasteiger partial charge in [-0.2, -0.15) is 13.2 Å². The van der Waals surface area contributed by atoms with Crippen LogP contribution in [0.3, 0.4) is 0 Å². The Labute approximate surface area is 110 Å². The maximum Gasteiger partial charge on any atom is 0.419 e. The van der Waals surface area contributed by atoms with Crippen LogP contribution in [0.25, 0.3) is 0 Å². The van der Waals surface area contributed by atoms with Crippen LogP contribution in [0.5, 0.6) is 0 Å². The van der Waals surface area contributed by atoms with Gasteiger partial charge in [0.05, 0.1) is 5.56 Å². The van der Waals surface area contributed by atoms with Crippen LogP contribution in [0.4, 0.5) is 19.0 Å². The summed E-state index contributed by atoms with van der Waals surface area (Å²) >= 11 is 0. The number of alkyl halides is 3. The molecule has 0 saturated carbocycles. The van der Waals surface area contributed by atoms with Gasteiger partial charge in [0.15, 0.2) is 0 Å². The molecule has 6 heteroatoms. The van der Waals surface area contributed by atoms with E-state index in [-0.39, 0.29) is 11.9 Å². The van der Waals surface area contributed by atoms with Crippen molar-refractivity contribution in [1.29, 1.82) is 0 Å². The summed E-state index contributed by atoms with van der Waals surface area (Å²) in [6.07, 6.45) is 0.295. The predicted molar refractivity (Wildman–Crippen MR) is 68.2 cm³/mol. The fourth-order valence-electron chi connectivity index (χ4n) is 2.42. The molecule has 1 aliphatic heterocycles. The highest BCUT2D eigenvalue weighted by atomic mass is 19.4. The van der Waals surface area contributed by atoms with Gasteiger partial charge in [0, 0.05) is 25.8 Å². The minimum atomic E-state index is -4.36. The molecule has 3 nitrogen and oxygen atoms in total. The van der Waals surface area contributed by atoms with Crippen molar-refractivity contribution in [2.24, 2.45) is 0 Å². The number of halogens is 3.